The average Bonchev–Trinajstić information content (AvgIpc) is 0. The van der Waals surface area contributed by atoms with Gasteiger partial charge in [0.2, 0.25) is 0 Å². The van der Waals surface area contributed by atoms with Gasteiger partial charge in [-0.25, -0.2) is 0 Å². The van der Waals surface area contributed by atoms with Crippen LogP contribution in [0.3, 0.4) is 0 Å². The quantitative estimate of drug-likeness (QED) is 0.389. The van der Waals surface area contributed by atoms with Crippen LogP contribution in [0.2, 0.25) is 0 Å². The third-order valence-electron chi connectivity index (χ3n) is 0. The van der Waals surface area contributed by atoms with Crippen molar-refractivity contribution in [3.8, 4) is 0 Å². The van der Waals surface area contributed by atoms with E-state index in [1.54, 1.807) is 0 Å². The molecule has 0 unspecified atom stereocenters. The summed E-state index contributed by atoms with van der Waals surface area (Å²) in [5.74, 6) is 0. The van der Waals surface area contributed by atoms with Gasteiger partial charge in [-0.2, -0.15) is 0 Å². The van der Waals surface area contributed by atoms with Crippen LogP contribution in [0.1, 0.15) is 0 Å². The third kappa shape index (κ3) is 8.87. The Labute approximate surface area is 90.2 Å². The van der Waals surface area contributed by atoms with Gasteiger partial charge in [-0.3, -0.25) is 0 Å². The van der Waals surface area contributed by atoms with Crippen LogP contribution in [0.5, 0.6) is 0 Å². The summed E-state index contributed by atoms with van der Waals surface area (Å²) in [7, 11) is 0. The third-order valence-corrected chi connectivity index (χ3v) is 0. The summed E-state index contributed by atoms with van der Waals surface area (Å²) in [5.41, 5.74) is 0. The van der Waals surface area contributed by atoms with Crippen molar-refractivity contribution in [2.24, 2.45) is 0 Å². The average molecular weight is 247 g/mol. The maximum Gasteiger partial charge on any atom is 0.187 e. The summed E-state index contributed by atoms with van der Waals surface area (Å²) < 4.78 is 0. The fourth-order valence-corrected chi connectivity index (χ4v) is 0. The first kappa shape index (κ1) is 28.4. The second-order valence-corrected chi connectivity index (χ2v) is 0. The Morgan fingerprint density at radius 2 is 0.500 bits per heavy atom. The van der Waals surface area contributed by atoms with Crippen LogP contribution in [-0.4, -0.2) is 52.1 Å². The van der Waals surface area contributed by atoms with E-state index in [-0.39, 0.29) is 92.0 Å². The molecule has 0 aliphatic carbocycles. The molecule has 0 heterocycles. The molecule has 0 rings (SSSR count). The molecule has 0 aliphatic rings. The van der Waals surface area contributed by atoms with Gasteiger partial charge in [-0.15, -0.1) is 0 Å². The first-order valence-corrected chi connectivity index (χ1v) is 0. The summed E-state index contributed by atoms with van der Waals surface area (Å²) in [4.78, 5) is 0. The molecule has 0 N–H and O–H groups in total. The fourth-order valence-electron chi connectivity index (χ4n) is 0. The van der Waals surface area contributed by atoms with Crippen LogP contribution in [-0.2, 0) is 0 Å². The van der Waals surface area contributed by atoms with Crippen LogP contribution in [0, 0.1) is 39.9 Å². The van der Waals surface area contributed by atoms with Gasteiger partial charge in [0.25, 0.3) is 0 Å². The molecule has 0 bridgehead atoms. The molecule has 0 aromatic carbocycles. The smallest absolute Gasteiger partial charge is 0 e. The summed E-state index contributed by atoms with van der Waals surface area (Å²) in [6.07, 6.45) is 0. The van der Waals surface area contributed by atoms with Crippen molar-refractivity contribution in [1.29, 1.82) is 0 Å². The van der Waals surface area contributed by atoms with Gasteiger partial charge in [-0.1, -0.05) is 0 Å². The van der Waals surface area contributed by atoms with Crippen molar-refractivity contribution in [3.05, 3.63) is 0 Å². The largest absolute Gasteiger partial charge is 0.187 e. The van der Waals surface area contributed by atoms with E-state index in [1.807, 2.05) is 0 Å². The first-order chi connectivity index (χ1) is 0. The topological polar surface area (TPSA) is 0 Å². The Morgan fingerprint density at radius 1 is 0.500 bits per heavy atom. The molecule has 4 heavy (non-hydrogen) atoms. The van der Waals surface area contributed by atoms with E-state index in [0.29, 0.717) is 0 Å². The van der Waals surface area contributed by atoms with Crippen LogP contribution in [0.15, 0.2) is 0 Å². The molecule has 0 aromatic heterocycles. The Hall–Kier alpha value is 2.92. The zero-order chi connectivity index (χ0) is 0. The second kappa shape index (κ2) is 16.8. The molecule has 0 saturated heterocycles. The number of hydrogen-bond acceptors (Lipinski definition) is 0. The summed E-state index contributed by atoms with van der Waals surface area (Å²) in [6.45, 7) is 0. The molecule has 0 atom stereocenters. The SMILES string of the molecule is [AlH3].[AlH3].[AlH3].[Gd]. The molecule has 26 valence electrons. The zero-order valence-corrected chi connectivity index (χ0v) is 2.62. The van der Waals surface area contributed by atoms with Crippen LogP contribution in [0.4, 0.5) is 0 Å². The minimum atomic E-state index is 0. The van der Waals surface area contributed by atoms with Gasteiger partial charge in [0.15, 0.2) is 52.1 Å². The summed E-state index contributed by atoms with van der Waals surface area (Å²) in [6, 6.07) is 0. The predicted octanol–water partition coefficient (Wildman–Crippen LogP) is -3.55. The molecule has 0 fully saturated rings. The Morgan fingerprint density at radius 3 is 0.500 bits per heavy atom. The van der Waals surface area contributed by atoms with Crippen molar-refractivity contribution < 1.29 is 39.9 Å². The van der Waals surface area contributed by atoms with Crippen molar-refractivity contribution in [1.82, 2.24) is 0 Å². The second-order valence-electron chi connectivity index (χ2n) is 0. The molecule has 0 saturated carbocycles. The Balaban J connectivity index is 0. The minimum absolute atomic E-state index is 0. The molecule has 4 heteroatoms. The maximum absolute atomic E-state index is 0. The predicted molar refractivity (Wildman–Crippen MR) is 29.8 cm³/mol. The maximum atomic E-state index is 0. The van der Waals surface area contributed by atoms with Crippen molar-refractivity contribution in [2.75, 3.05) is 0 Å². The van der Waals surface area contributed by atoms with Crippen LogP contribution in [0.25, 0.3) is 0 Å². The van der Waals surface area contributed by atoms with Gasteiger partial charge in [0.05, 0.1) is 0 Å². The molecule has 0 aromatic rings. The summed E-state index contributed by atoms with van der Waals surface area (Å²) in [5, 5.41) is 0. The molecule has 0 nitrogen and oxygen atoms in total. The van der Waals surface area contributed by atoms with Crippen molar-refractivity contribution >= 4 is 52.1 Å². The molecule has 0 amide bonds. The Kier molecular flexibility index (Phi) is 119. The fraction of sp³-hybridized carbons (Fsp3) is 0. The number of rotatable bonds is 0. The van der Waals surface area contributed by atoms with E-state index in [2.05, 4.69) is 0 Å². The van der Waals surface area contributed by atoms with E-state index in [9.17, 15) is 0 Å². The standard InChI is InChI=1S/3Al.Gd.9H. The zero-order valence-electron chi connectivity index (χ0n) is 0.354. The Bertz CT molecular complexity index is 3.25. The van der Waals surface area contributed by atoms with Gasteiger partial charge >= 0.3 is 0 Å². The molecular formula is H9Al3Gd. The van der Waals surface area contributed by atoms with Crippen molar-refractivity contribution in [2.45, 2.75) is 0 Å². The number of hydrogen-bond donors (Lipinski definition) is 0. The first-order valence-electron chi connectivity index (χ1n) is 0. The van der Waals surface area contributed by atoms with Gasteiger partial charge in [0.1, 0.15) is 0 Å². The normalized spacial score (nSPS) is 0. The van der Waals surface area contributed by atoms with E-state index < -0.39 is 0 Å². The van der Waals surface area contributed by atoms with Crippen molar-refractivity contribution in [3.63, 3.8) is 0 Å². The van der Waals surface area contributed by atoms with E-state index in [1.165, 1.54) is 0 Å². The van der Waals surface area contributed by atoms with Gasteiger partial charge in [-0.05, 0) is 0 Å². The van der Waals surface area contributed by atoms with Gasteiger partial charge in [0, 0.05) is 39.9 Å². The molecule has 0 spiro atoms. The van der Waals surface area contributed by atoms with E-state index in [0.717, 1.165) is 0 Å². The van der Waals surface area contributed by atoms with E-state index in [4.69, 9.17) is 0 Å². The molecular weight excluding hydrogens is 238 g/mol. The van der Waals surface area contributed by atoms with Crippen LogP contribution >= 0.6 is 0 Å². The van der Waals surface area contributed by atoms with E-state index >= 15 is 0 Å². The molecule has 0 aliphatic heterocycles. The minimum Gasteiger partial charge on any atom is 0 e. The summed E-state index contributed by atoms with van der Waals surface area (Å²) >= 11 is 0. The van der Waals surface area contributed by atoms with Gasteiger partial charge < -0.3 is 0 Å². The van der Waals surface area contributed by atoms with Crippen LogP contribution < -0.4 is 0 Å². The molecule has 0 radical (unpaired) electrons. The monoisotopic (exact) mass is 248 g/mol.